The van der Waals surface area contributed by atoms with Crippen LogP contribution in [0.4, 0.5) is 4.39 Å². The van der Waals surface area contributed by atoms with Crippen molar-refractivity contribution >= 4 is 11.8 Å². The fourth-order valence-corrected chi connectivity index (χ4v) is 1.86. The lowest BCUT2D eigenvalue weighted by Gasteiger charge is -2.11. The molecule has 1 unspecified atom stereocenters. The lowest BCUT2D eigenvalue weighted by molar-refractivity contribution is 0.585. The van der Waals surface area contributed by atoms with Gasteiger partial charge in [0.15, 0.2) is 0 Å². The molecule has 0 saturated heterocycles. The molecule has 1 aromatic rings. The predicted molar refractivity (Wildman–Crippen MR) is 50.8 cm³/mol. The van der Waals surface area contributed by atoms with E-state index in [2.05, 4.69) is 0 Å². The van der Waals surface area contributed by atoms with E-state index < -0.39 is 0 Å². The van der Waals surface area contributed by atoms with Gasteiger partial charge in [0.2, 0.25) is 0 Å². The van der Waals surface area contributed by atoms with Crippen LogP contribution in [0.15, 0.2) is 23.1 Å². The first-order chi connectivity index (χ1) is 5.66. The first-order valence-electron chi connectivity index (χ1n) is 3.74. The monoisotopic (exact) mass is 185 g/mol. The van der Waals surface area contributed by atoms with E-state index in [0.717, 1.165) is 4.90 Å². The van der Waals surface area contributed by atoms with Gasteiger partial charge in [0.25, 0.3) is 0 Å². The van der Waals surface area contributed by atoms with Crippen LogP contribution in [0.3, 0.4) is 0 Å². The maximum Gasteiger partial charge on any atom is 0.129 e. The largest absolute Gasteiger partial charge is 0.324 e. The van der Waals surface area contributed by atoms with E-state index >= 15 is 0 Å². The summed E-state index contributed by atoms with van der Waals surface area (Å²) in [7, 11) is 0. The van der Waals surface area contributed by atoms with Crippen LogP contribution >= 0.6 is 11.8 Å². The van der Waals surface area contributed by atoms with Gasteiger partial charge in [0.05, 0.1) is 0 Å². The van der Waals surface area contributed by atoms with Gasteiger partial charge in [-0.05, 0) is 25.3 Å². The summed E-state index contributed by atoms with van der Waals surface area (Å²) in [4.78, 5) is 0.921. The molecule has 0 amide bonds. The number of rotatable bonds is 2. The zero-order valence-electron chi connectivity index (χ0n) is 7.17. The molecule has 1 rings (SSSR count). The number of benzene rings is 1. The van der Waals surface area contributed by atoms with Gasteiger partial charge in [0, 0.05) is 16.5 Å². The van der Waals surface area contributed by atoms with Crippen molar-refractivity contribution in [2.45, 2.75) is 17.9 Å². The van der Waals surface area contributed by atoms with Crippen molar-refractivity contribution in [2.24, 2.45) is 5.73 Å². The average Bonchev–Trinajstić information content (AvgIpc) is 2.03. The highest BCUT2D eigenvalue weighted by molar-refractivity contribution is 7.98. The Kier molecular flexibility index (Phi) is 3.12. The zero-order valence-corrected chi connectivity index (χ0v) is 7.99. The first-order valence-corrected chi connectivity index (χ1v) is 4.97. The van der Waals surface area contributed by atoms with Gasteiger partial charge in [-0.1, -0.05) is 6.07 Å². The molecule has 1 nitrogen and oxygen atoms in total. The van der Waals surface area contributed by atoms with Crippen LogP contribution in [0.25, 0.3) is 0 Å². The minimum absolute atomic E-state index is 0.211. The van der Waals surface area contributed by atoms with Crippen LogP contribution in [0, 0.1) is 5.82 Å². The molecule has 0 aliphatic heterocycles. The number of hydrogen-bond donors (Lipinski definition) is 1. The van der Waals surface area contributed by atoms with Gasteiger partial charge >= 0.3 is 0 Å². The van der Waals surface area contributed by atoms with Gasteiger partial charge in [-0.2, -0.15) is 0 Å². The van der Waals surface area contributed by atoms with Gasteiger partial charge in [-0.25, -0.2) is 4.39 Å². The normalized spacial score (nSPS) is 13.0. The van der Waals surface area contributed by atoms with Crippen LogP contribution in [0.2, 0.25) is 0 Å². The third kappa shape index (κ3) is 1.79. The summed E-state index contributed by atoms with van der Waals surface area (Å²) in [5.74, 6) is -0.211. The minimum atomic E-state index is -0.242. The van der Waals surface area contributed by atoms with Crippen molar-refractivity contribution in [3.05, 3.63) is 29.6 Å². The third-order valence-electron chi connectivity index (χ3n) is 1.69. The highest BCUT2D eigenvalue weighted by atomic mass is 32.2. The van der Waals surface area contributed by atoms with E-state index in [4.69, 9.17) is 5.73 Å². The van der Waals surface area contributed by atoms with Gasteiger partial charge < -0.3 is 5.73 Å². The molecule has 66 valence electrons. The molecule has 0 saturated carbocycles. The van der Waals surface area contributed by atoms with Crippen molar-refractivity contribution in [2.75, 3.05) is 6.26 Å². The van der Waals surface area contributed by atoms with Crippen molar-refractivity contribution in [1.82, 2.24) is 0 Å². The average molecular weight is 185 g/mol. The number of hydrogen-bond acceptors (Lipinski definition) is 2. The van der Waals surface area contributed by atoms with Crippen molar-refractivity contribution in [3.63, 3.8) is 0 Å². The summed E-state index contributed by atoms with van der Waals surface area (Å²) in [5.41, 5.74) is 6.25. The Morgan fingerprint density at radius 2 is 2.17 bits per heavy atom. The molecule has 1 aromatic carbocycles. The topological polar surface area (TPSA) is 26.0 Å². The third-order valence-corrected chi connectivity index (χ3v) is 2.48. The maximum atomic E-state index is 13.2. The Bertz CT molecular complexity index is 273. The van der Waals surface area contributed by atoms with Gasteiger partial charge in [0.1, 0.15) is 5.82 Å². The van der Waals surface area contributed by atoms with Crippen molar-refractivity contribution in [3.8, 4) is 0 Å². The summed E-state index contributed by atoms with van der Waals surface area (Å²) < 4.78 is 13.2. The molecule has 1 atom stereocenters. The molecule has 0 heterocycles. The Morgan fingerprint density at radius 1 is 1.50 bits per heavy atom. The quantitative estimate of drug-likeness (QED) is 0.717. The first kappa shape index (κ1) is 9.55. The summed E-state index contributed by atoms with van der Waals surface area (Å²) in [6.45, 7) is 1.79. The van der Waals surface area contributed by atoms with E-state index in [1.54, 1.807) is 13.0 Å². The molecule has 3 heteroatoms. The number of nitrogens with two attached hydrogens (primary N) is 1. The van der Waals surface area contributed by atoms with Gasteiger partial charge in [-0.15, -0.1) is 11.8 Å². The Hall–Kier alpha value is -0.540. The smallest absolute Gasteiger partial charge is 0.129 e. The molecule has 0 radical (unpaired) electrons. The van der Waals surface area contributed by atoms with Crippen LogP contribution in [0.1, 0.15) is 18.5 Å². The van der Waals surface area contributed by atoms with E-state index in [1.165, 1.54) is 17.8 Å². The van der Waals surface area contributed by atoms with Crippen LogP contribution < -0.4 is 5.73 Å². The Labute approximate surface area is 76.2 Å². The fourth-order valence-electron chi connectivity index (χ4n) is 1.14. The van der Waals surface area contributed by atoms with E-state index in [1.807, 2.05) is 12.3 Å². The summed E-state index contributed by atoms with van der Waals surface area (Å²) in [5, 5.41) is 0. The number of halogens is 1. The lowest BCUT2D eigenvalue weighted by Crippen LogP contribution is -2.08. The van der Waals surface area contributed by atoms with Crippen LogP contribution in [0.5, 0.6) is 0 Å². The summed E-state index contributed by atoms with van der Waals surface area (Å²) in [6.07, 6.45) is 1.92. The molecule has 0 bridgehead atoms. The SMILES string of the molecule is CSc1cccc(F)c1C(C)N. The van der Waals surface area contributed by atoms with Crippen LogP contribution in [-0.2, 0) is 0 Å². The highest BCUT2D eigenvalue weighted by Crippen LogP contribution is 2.26. The molecule has 0 aromatic heterocycles. The second kappa shape index (κ2) is 3.92. The van der Waals surface area contributed by atoms with Crippen molar-refractivity contribution < 1.29 is 4.39 Å². The molecule has 0 spiro atoms. The molecule has 0 aliphatic rings. The van der Waals surface area contributed by atoms with Crippen LogP contribution in [-0.4, -0.2) is 6.26 Å². The fraction of sp³-hybridized carbons (Fsp3) is 0.333. The molecule has 0 aliphatic carbocycles. The summed E-state index contributed by atoms with van der Waals surface area (Å²) >= 11 is 1.52. The standard InChI is InChI=1S/C9H12FNS/c1-6(11)9-7(10)4-3-5-8(9)12-2/h3-6H,11H2,1-2H3. The Balaban J connectivity index is 3.20. The zero-order chi connectivity index (χ0) is 9.14. The molecular weight excluding hydrogens is 173 g/mol. The molecule has 12 heavy (non-hydrogen) atoms. The van der Waals surface area contributed by atoms with Gasteiger partial charge in [-0.3, -0.25) is 0 Å². The second-order valence-corrected chi connectivity index (χ2v) is 3.49. The van der Waals surface area contributed by atoms with E-state index in [-0.39, 0.29) is 11.9 Å². The Morgan fingerprint density at radius 3 is 2.58 bits per heavy atom. The second-order valence-electron chi connectivity index (χ2n) is 2.64. The van der Waals surface area contributed by atoms with Crippen molar-refractivity contribution in [1.29, 1.82) is 0 Å². The highest BCUT2D eigenvalue weighted by Gasteiger charge is 2.10. The molecule has 2 N–H and O–H groups in total. The minimum Gasteiger partial charge on any atom is -0.324 e. The maximum absolute atomic E-state index is 13.2. The van der Waals surface area contributed by atoms with E-state index in [0.29, 0.717) is 5.56 Å². The van der Waals surface area contributed by atoms with E-state index in [9.17, 15) is 4.39 Å². The molecule has 0 fully saturated rings. The lowest BCUT2D eigenvalue weighted by atomic mass is 10.1. The predicted octanol–water partition coefficient (Wildman–Crippen LogP) is 2.57. The number of thioether (sulfide) groups is 1. The summed E-state index contributed by atoms with van der Waals surface area (Å²) in [6, 6.07) is 4.78. The molecular formula is C9H12FNS.